The van der Waals surface area contributed by atoms with Crippen molar-refractivity contribution >= 4 is 38.9 Å². The number of hydrogen-bond donors (Lipinski definition) is 0. The molecular formula is C17H17Cl2N3O4S. The predicted molar refractivity (Wildman–Crippen MR) is 104 cm³/mol. The van der Waals surface area contributed by atoms with Gasteiger partial charge in [0.15, 0.2) is 0 Å². The van der Waals surface area contributed by atoms with Crippen molar-refractivity contribution in [2.75, 3.05) is 26.2 Å². The zero-order valence-electron chi connectivity index (χ0n) is 14.2. The monoisotopic (exact) mass is 429 g/mol. The van der Waals surface area contributed by atoms with Gasteiger partial charge in [-0.2, -0.15) is 4.31 Å². The first kappa shape index (κ1) is 20.0. The van der Waals surface area contributed by atoms with Gasteiger partial charge in [-0.1, -0.05) is 47.5 Å². The minimum Gasteiger partial charge on any atom is -0.296 e. The highest BCUT2D eigenvalue weighted by Gasteiger charge is 2.32. The molecular weight excluding hydrogens is 413 g/mol. The summed E-state index contributed by atoms with van der Waals surface area (Å²) in [4.78, 5) is 12.6. The number of hydrogen-bond acceptors (Lipinski definition) is 5. The van der Waals surface area contributed by atoms with Crippen LogP contribution in [0.5, 0.6) is 0 Å². The molecule has 1 heterocycles. The number of benzene rings is 2. The normalized spacial score (nSPS) is 16.4. The van der Waals surface area contributed by atoms with Gasteiger partial charge in [0.05, 0.1) is 15.0 Å². The Morgan fingerprint density at radius 2 is 1.56 bits per heavy atom. The molecule has 0 unspecified atom stereocenters. The topological polar surface area (TPSA) is 83.8 Å². The first-order chi connectivity index (χ1) is 12.8. The van der Waals surface area contributed by atoms with Crippen LogP contribution in [0.4, 0.5) is 5.69 Å². The lowest BCUT2D eigenvalue weighted by Crippen LogP contribution is -2.48. The van der Waals surface area contributed by atoms with E-state index in [4.69, 9.17) is 23.2 Å². The number of para-hydroxylation sites is 1. The summed E-state index contributed by atoms with van der Waals surface area (Å²) >= 11 is 12.1. The highest BCUT2D eigenvalue weighted by atomic mass is 35.5. The number of nitro benzene ring substituents is 1. The summed E-state index contributed by atoms with van der Waals surface area (Å²) in [6, 6.07) is 11.1. The number of rotatable bonds is 5. The molecule has 2 aromatic rings. The van der Waals surface area contributed by atoms with Gasteiger partial charge in [0, 0.05) is 44.4 Å². The Balaban J connectivity index is 1.72. The molecule has 1 fully saturated rings. The van der Waals surface area contributed by atoms with Crippen LogP contribution >= 0.6 is 23.2 Å². The lowest BCUT2D eigenvalue weighted by atomic mass is 10.1. The van der Waals surface area contributed by atoms with Crippen LogP contribution in [0.15, 0.2) is 47.4 Å². The number of halogens is 2. The Bertz CT molecular complexity index is 940. The van der Waals surface area contributed by atoms with Gasteiger partial charge in [0.25, 0.3) is 5.69 Å². The van der Waals surface area contributed by atoms with E-state index in [9.17, 15) is 18.5 Å². The second kappa shape index (κ2) is 8.12. The molecule has 0 bridgehead atoms. The van der Waals surface area contributed by atoms with E-state index in [2.05, 4.69) is 0 Å². The molecule has 0 spiro atoms. The van der Waals surface area contributed by atoms with Gasteiger partial charge in [-0.3, -0.25) is 15.0 Å². The van der Waals surface area contributed by atoms with Gasteiger partial charge >= 0.3 is 0 Å². The van der Waals surface area contributed by atoms with Gasteiger partial charge in [-0.15, -0.1) is 0 Å². The molecule has 0 N–H and O–H groups in total. The number of nitrogens with zero attached hydrogens (tertiary/aromatic N) is 3. The second-order valence-electron chi connectivity index (χ2n) is 6.12. The molecule has 27 heavy (non-hydrogen) atoms. The van der Waals surface area contributed by atoms with Gasteiger partial charge in [0.2, 0.25) is 10.0 Å². The number of nitro groups is 1. The van der Waals surface area contributed by atoms with E-state index in [1.807, 2.05) is 4.90 Å². The summed E-state index contributed by atoms with van der Waals surface area (Å²) < 4.78 is 27.1. The van der Waals surface area contributed by atoms with Crippen LogP contribution in [0.3, 0.4) is 0 Å². The summed E-state index contributed by atoms with van der Waals surface area (Å²) in [6.45, 7) is 1.80. The largest absolute Gasteiger partial charge is 0.296 e. The second-order valence-corrected chi connectivity index (χ2v) is 8.81. The van der Waals surface area contributed by atoms with Crippen molar-refractivity contribution in [1.29, 1.82) is 0 Å². The van der Waals surface area contributed by atoms with E-state index in [-0.39, 0.29) is 33.7 Å². The molecule has 0 aliphatic carbocycles. The summed E-state index contributed by atoms with van der Waals surface area (Å²) in [5, 5.41) is 11.3. The highest BCUT2D eigenvalue weighted by Crippen LogP contribution is 2.32. The van der Waals surface area contributed by atoms with E-state index in [0.717, 1.165) is 0 Å². The maximum absolute atomic E-state index is 12.9. The molecule has 10 heteroatoms. The van der Waals surface area contributed by atoms with Crippen LogP contribution in [0, 0.1) is 10.1 Å². The summed E-state index contributed by atoms with van der Waals surface area (Å²) in [5.74, 6) is 0. The lowest BCUT2D eigenvalue weighted by molar-refractivity contribution is -0.385. The van der Waals surface area contributed by atoms with E-state index in [0.29, 0.717) is 25.2 Å². The molecule has 1 aliphatic rings. The van der Waals surface area contributed by atoms with Crippen LogP contribution < -0.4 is 0 Å². The van der Waals surface area contributed by atoms with Crippen LogP contribution in [0.2, 0.25) is 10.0 Å². The van der Waals surface area contributed by atoms with Gasteiger partial charge < -0.3 is 0 Å². The lowest BCUT2D eigenvalue weighted by Gasteiger charge is -2.34. The van der Waals surface area contributed by atoms with Crippen LogP contribution in [-0.2, 0) is 16.6 Å². The fourth-order valence-electron chi connectivity index (χ4n) is 3.05. The third-order valence-corrected chi connectivity index (χ3v) is 7.29. The molecule has 3 rings (SSSR count). The van der Waals surface area contributed by atoms with Gasteiger partial charge in [0.1, 0.15) is 4.90 Å². The Kier molecular flexibility index (Phi) is 6.02. The van der Waals surface area contributed by atoms with Crippen molar-refractivity contribution in [3.05, 3.63) is 68.2 Å². The van der Waals surface area contributed by atoms with Gasteiger partial charge in [-0.05, 0) is 12.1 Å². The van der Waals surface area contributed by atoms with Crippen molar-refractivity contribution < 1.29 is 13.3 Å². The minimum absolute atomic E-state index is 0.0652. The maximum Gasteiger partial charge on any atom is 0.273 e. The molecule has 0 saturated carbocycles. The first-order valence-corrected chi connectivity index (χ1v) is 10.4. The minimum atomic E-state index is -3.81. The average molecular weight is 430 g/mol. The summed E-state index contributed by atoms with van der Waals surface area (Å²) in [6.07, 6.45) is 0. The molecule has 0 amide bonds. The van der Waals surface area contributed by atoms with Crippen LogP contribution in [0.25, 0.3) is 0 Å². The SMILES string of the molecule is O=[N+]([O-])c1ccccc1CN1CCN(S(=O)(=O)c2c(Cl)cccc2Cl)CC1. The Morgan fingerprint density at radius 1 is 0.963 bits per heavy atom. The van der Waals surface area contributed by atoms with Crippen LogP contribution in [-0.4, -0.2) is 48.7 Å². The standard InChI is InChI=1S/C17H17Cl2N3O4S/c18-14-5-3-6-15(19)17(14)27(25,26)21-10-8-20(9-11-21)12-13-4-1-2-7-16(13)22(23)24/h1-7H,8-12H2. The number of piperazine rings is 1. The molecule has 7 nitrogen and oxygen atoms in total. The number of sulfonamides is 1. The highest BCUT2D eigenvalue weighted by molar-refractivity contribution is 7.89. The molecule has 144 valence electrons. The Morgan fingerprint density at radius 3 is 2.15 bits per heavy atom. The predicted octanol–water partition coefficient (Wildman–Crippen LogP) is 3.41. The Labute approximate surface area is 167 Å². The van der Waals surface area contributed by atoms with Gasteiger partial charge in [-0.25, -0.2) is 8.42 Å². The molecule has 1 saturated heterocycles. The third kappa shape index (κ3) is 4.25. The van der Waals surface area contributed by atoms with Crippen molar-refractivity contribution in [2.24, 2.45) is 0 Å². The third-order valence-electron chi connectivity index (χ3n) is 4.43. The molecule has 2 aromatic carbocycles. The van der Waals surface area contributed by atoms with E-state index in [1.165, 1.54) is 22.5 Å². The van der Waals surface area contributed by atoms with E-state index < -0.39 is 14.9 Å². The van der Waals surface area contributed by atoms with Crippen molar-refractivity contribution in [1.82, 2.24) is 9.21 Å². The zero-order chi connectivity index (χ0) is 19.6. The fourth-order valence-corrected chi connectivity index (χ4v) is 5.56. The average Bonchev–Trinajstić information content (AvgIpc) is 2.62. The van der Waals surface area contributed by atoms with Crippen molar-refractivity contribution in [3.8, 4) is 0 Å². The zero-order valence-corrected chi connectivity index (χ0v) is 16.5. The van der Waals surface area contributed by atoms with Crippen molar-refractivity contribution in [3.63, 3.8) is 0 Å². The molecule has 0 aromatic heterocycles. The fraction of sp³-hybridized carbons (Fsp3) is 0.294. The maximum atomic E-state index is 12.9. The van der Waals surface area contributed by atoms with Crippen molar-refractivity contribution in [2.45, 2.75) is 11.4 Å². The molecule has 0 atom stereocenters. The smallest absolute Gasteiger partial charge is 0.273 e. The Hall–Kier alpha value is -1.71. The molecule has 0 radical (unpaired) electrons. The summed E-state index contributed by atoms with van der Waals surface area (Å²) in [5.41, 5.74) is 0.670. The first-order valence-electron chi connectivity index (χ1n) is 8.19. The van der Waals surface area contributed by atoms with Crippen LogP contribution in [0.1, 0.15) is 5.56 Å². The molecule has 1 aliphatic heterocycles. The summed E-state index contributed by atoms with van der Waals surface area (Å²) in [7, 11) is -3.81. The van der Waals surface area contributed by atoms with E-state index >= 15 is 0 Å². The quantitative estimate of drug-likeness (QED) is 0.536. The van der Waals surface area contributed by atoms with E-state index in [1.54, 1.807) is 24.3 Å².